The molecular weight excluding hydrogens is 348 g/mol. The van der Waals surface area contributed by atoms with Gasteiger partial charge in [0.1, 0.15) is 12.3 Å². The van der Waals surface area contributed by atoms with Crippen LogP contribution in [0.3, 0.4) is 0 Å². The smallest absolute Gasteiger partial charge is 0.329 e. The lowest BCUT2D eigenvalue weighted by Crippen LogP contribution is -2.29. The summed E-state index contributed by atoms with van der Waals surface area (Å²) in [5.41, 5.74) is 6.88. The summed E-state index contributed by atoms with van der Waals surface area (Å²) in [5.74, 6) is -0.417. The van der Waals surface area contributed by atoms with Crippen molar-refractivity contribution in [2.24, 2.45) is 5.73 Å². The van der Waals surface area contributed by atoms with Crippen LogP contribution < -0.4 is 21.5 Å². The molecule has 0 unspecified atom stereocenters. The summed E-state index contributed by atoms with van der Waals surface area (Å²) >= 11 is 0. The molecule has 1 heterocycles. The van der Waals surface area contributed by atoms with Crippen LogP contribution in [-0.2, 0) is 22.7 Å². The van der Waals surface area contributed by atoms with E-state index in [1.165, 1.54) is 4.57 Å². The van der Waals surface area contributed by atoms with Crippen molar-refractivity contribution >= 4 is 28.5 Å². The SMILES string of the molecule is CCn1c(=O)n(CC(=O)Nc2ccc(OCC(N)=O)cc2)c2ccccc21. The molecule has 1 aromatic heterocycles. The molecule has 27 heavy (non-hydrogen) atoms. The molecule has 0 aliphatic heterocycles. The van der Waals surface area contributed by atoms with Gasteiger partial charge in [0.05, 0.1) is 11.0 Å². The number of aromatic nitrogens is 2. The molecule has 0 aliphatic carbocycles. The number of para-hydroxylation sites is 2. The summed E-state index contributed by atoms with van der Waals surface area (Å²) in [5, 5.41) is 2.75. The third-order valence-corrected chi connectivity index (χ3v) is 4.06. The number of carbonyl (C=O) groups is 2. The Morgan fingerprint density at radius 1 is 1.04 bits per heavy atom. The third-order valence-electron chi connectivity index (χ3n) is 4.06. The van der Waals surface area contributed by atoms with Gasteiger partial charge in [-0.2, -0.15) is 0 Å². The Kier molecular flexibility index (Phi) is 5.25. The number of amides is 2. The van der Waals surface area contributed by atoms with Gasteiger partial charge in [-0.1, -0.05) is 12.1 Å². The zero-order valence-electron chi connectivity index (χ0n) is 14.8. The average Bonchev–Trinajstić information content (AvgIpc) is 2.92. The minimum absolute atomic E-state index is 0.0910. The number of rotatable bonds is 7. The zero-order chi connectivity index (χ0) is 19.4. The van der Waals surface area contributed by atoms with Crippen LogP contribution in [-0.4, -0.2) is 27.6 Å². The second-order valence-electron chi connectivity index (χ2n) is 5.93. The van der Waals surface area contributed by atoms with E-state index in [4.69, 9.17) is 10.5 Å². The van der Waals surface area contributed by atoms with E-state index in [1.807, 2.05) is 31.2 Å². The second-order valence-corrected chi connectivity index (χ2v) is 5.93. The number of fused-ring (bicyclic) bond motifs is 1. The van der Waals surface area contributed by atoms with E-state index in [2.05, 4.69) is 5.32 Å². The predicted molar refractivity (Wildman–Crippen MR) is 102 cm³/mol. The molecule has 0 radical (unpaired) electrons. The molecule has 3 aromatic rings. The van der Waals surface area contributed by atoms with E-state index in [-0.39, 0.29) is 24.7 Å². The van der Waals surface area contributed by atoms with Gasteiger partial charge in [0, 0.05) is 12.2 Å². The molecule has 0 saturated carbocycles. The van der Waals surface area contributed by atoms with Crippen LogP contribution in [0, 0.1) is 0 Å². The first-order valence-electron chi connectivity index (χ1n) is 8.48. The number of nitrogens with two attached hydrogens (primary N) is 1. The third kappa shape index (κ3) is 4.00. The van der Waals surface area contributed by atoms with E-state index in [0.717, 1.165) is 11.0 Å². The van der Waals surface area contributed by atoms with E-state index in [0.29, 0.717) is 18.0 Å². The minimum atomic E-state index is -0.566. The molecule has 3 rings (SSSR count). The topological polar surface area (TPSA) is 108 Å². The Hall–Kier alpha value is -3.55. The molecule has 0 saturated heterocycles. The minimum Gasteiger partial charge on any atom is -0.484 e. The van der Waals surface area contributed by atoms with Crippen molar-refractivity contribution in [1.82, 2.24) is 9.13 Å². The highest BCUT2D eigenvalue weighted by Crippen LogP contribution is 2.16. The Balaban J connectivity index is 1.73. The molecule has 2 aromatic carbocycles. The number of hydrogen-bond donors (Lipinski definition) is 2. The van der Waals surface area contributed by atoms with Crippen molar-refractivity contribution < 1.29 is 14.3 Å². The average molecular weight is 368 g/mol. The monoisotopic (exact) mass is 368 g/mol. The molecule has 2 amide bonds. The fourth-order valence-corrected chi connectivity index (χ4v) is 2.86. The van der Waals surface area contributed by atoms with E-state index in [9.17, 15) is 14.4 Å². The van der Waals surface area contributed by atoms with Crippen LogP contribution >= 0.6 is 0 Å². The van der Waals surface area contributed by atoms with Crippen LogP contribution in [0.5, 0.6) is 5.75 Å². The Labute approximate surface area is 155 Å². The maximum Gasteiger partial charge on any atom is 0.329 e. The molecule has 0 aliphatic rings. The number of nitrogens with one attached hydrogen (secondary N) is 1. The highest BCUT2D eigenvalue weighted by molar-refractivity contribution is 5.91. The zero-order valence-corrected chi connectivity index (χ0v) is 14.8. The van der Waals surface area contributed by atoms with Gasteiger partial charge in [0.2, 0.25) is 5.91 Å². The number of imidazole rings is 1. The first-order valence-corrected chi connectivity index (χ1v) is 8.48. The largest absolute Gasteiger partial charge is 0.484 e. The van der Waals surface area contributed by atoms with Crippen LogP contribution in [0.15, 0.2) is 53.3 Å². The van der Waals surface area contributed by atoms with Crippen molar-refractivity contribution in [3.05, 3.63) is 59.0 Å². The Morgan fingerprint density at radius 3 is 2.26 bits per heavy atom. The summed E-state index contributed by atoms with van der Waals surface area (Å²) in [6.07, 6.45) is 0. The predicted octanol–water partition coefficient (Wildman–Crippen LogP) is 1.33. The Bertz CT molecular complexity index is 1030. The fourth-order valence-electron chi connectivity index (χ4n) is 2.86. The van der Waals surface area contributed by atoms with Gasteiger partial charge in [-0.25, -0.2) is 4.79 Å². The summed E-state index contributed by atoms with van der Waals surface area (Å²) in [4.78, 5) is 35.7. The van der Waals surface area contributed by atoms with Gasteiger partial charge in [0.25, 0.3) is 5.91 Å². The lowest BCUT2D eigenvalue weighted by atomic mass is 10.3. The van der Waals surface area contributed by atoms with Gasteiger partial charge in [0.15, 0.2) is 6.61 Å². The van der Waals surface area contributed by atoms with Crippen LogP contribution in [0.4, 0.5) is 5.69 Å². The summed E-state index contributed by atoms with van der Waals surface area (Å²) in [6.45, 7) is 2.11. The van der Waals surface area contributed by atoms with Gasteiger partial charge in [-0.05, 0) is 43.3 Å². The van der Waals surface area contributed by atoms with Gasteiger partial charge >= 0.3 is 5.69 Å². The number of hydrogen-bond acceptors (Lipinski definition) is 4. The van der Waals surface area contributed by atoms with Crippen LogP contribution in [0.25, 0.3) is 11.0 Å². The number of aryl methyl sites for hydroxylation is 1. The number of carbonyl (C=O) groups excluding carboxylic acids is 2. The number of nitrogens with zero attached hydrogens (tertiary/aromatic N) is 2. The van der Waals surface area contributed by atoms with Crippen LogP contribution in [0.2, 0.25) is 0 Å². The summed E-state index contributed by atoms with van der Waals surface area (Å²) in [6, 6.07) is 13.9. The highest BCUT2D eigenvalue weighted by Gasteiger charge is 2.14. The molecule has 8 heteroatoms. The molecule has 0 spiro atoms. The standard InChI is InChI=1S/C19H20N4O4/c1-2-22-15-5-3-4-6-16(15)23(19(22)26)11-18(25)21-13-7-9-14(10-8-13)27-12-17(20)24/h3-10H,2,11-12H2,1H3,(H2,20,24)(H,21,25). The maximum absolute atomic E-state index is 12.6. The molecule has 3 N–H and O–H groups in total. The van der Waals surface area contributed by atoms with Crippen molar-refractivity contribution in [2.75, 3.05) is 11.9 Å². The summed E-state index contributed by atoms with van der Waals surface area (Å²) < 4.78 is 8.26. The van der Waals surface area contributed by atoms with Gasteiger partial charge in [-0.15, -0.1) is 0 Å². The second kappa shape index (κ2) is 7.77. The maximum atomic E-state index is 12.6. The van der Waals surface area contributed by atoms with Crippen molar-refractivity contribution in [1.29, 1.82) is 0 Å². The number of anilines is 1. The molecule has 0 fully saturated rings. The lowest BCUT2D eigenvalue weighted by molar-refractivity contribution is -0.120. The van der Waals surface area contributed by atoms with Crippen molar-refractivity contribution in [2.45, 2.75) is 20.0 Å². The van der Waals surface area contributed by atoms with E-state index >= 15 is 0 Å². The first kappa shape index (κ1) is 18.2. The quantitative estimate of drug-likeness (QED) is 0.656. The molecule has 0 bridgehead atoms. The van der Waals surface area contributed by atoms with Crippen molar-refractivity contribution in [3.63, 3.8) is 0 Å². The van der Waals surface area contributed by atoms with Crippen molar-refractivity contribution in [3.8, 4) is 5.75 Å². The number of benzene rings is 2. The Morgan fingerprint density at radius 2 is 1.67 bits per heavy atom. The number of primary amides is 1. The first-order chi connectivity index (χ1) is 13.0. The number of ether oxygens (including phenoxy) is 1. The lowest BCUT2D eigenvalue weighted by Gasteiger charge is -2.08. The normalized spacial score (nSPS) is 10.7. The van der Waals surface area contributed by atoms with E-state index in [1.54, 1.807) is 28.8 Å². The molecule has 8 nitrogen and oxygen atoms in total. The van der Waals surface area contributed by atoms with Gasteiger partial charge < -0.3 is 15.8 Å². The van der Waals surface area contributed by atoms with E-state index < -0.39 is 5.91 Å². The molecule has 140 valence electrons. The highest BCUT2D eigenvalue weighted by atomic mass is 16.5. The molecular formula is C19H20N4O4. The summed E-state index contributed by atoms with van der Waals surface area (Å²) in [7, 11) is 0. The van der Waals surface area contributed by atoms with Gasteiger partial charge in [-0.3, -0.25) is 18.7 Å². The fraction of sp³-hybridized carbons (Fsp3) is 0.211. The molecule has 0 atom stereocenters. The van der Waals surface area contributed by atoms with Crippen LogP contribution in [0.1, 0.15) is 6.92 Å².